The highest BCUT2D eigenvalue weighted by atomic mass is 32.2. The van der Waals surface area contributed by atoms with E-state index in [4.69, 9.17) is 10.2 Å². The molecular formula is C11H14O3S. The molecule has 0 heterocycles. The summed E-state index contributed by atoms with van der Waals surface area (Å²) >= 11 is 1.30. The first-order chi connectivity index (χ1) is 7.17. The first kappa shape index (κ1) is 11.9. The van der Waals surface area contributed by atoms with Crippen LogP contribution in [0.4, 0.5) is 0 Å². The first-order valence-electron chi connectivity index (χ1n) is 4.67. The largest absolute Gasteiger partial charge is 0.508 e. The molecular weight excluding hydrogens is 212 g/mol. The summed E-state index contributed by atoms with van der Waals surface area (Å²) in [5.41, 5.74) is 0. The van der Waals surface area contributed by atoms with Gasteiger partial charge in [0.25, 0.3) is 0 Å². The third-order valence-electron chi connectivity index (χ3n) is 1.77. The molecule has 1 aromatic rings. The maximum atomic E-state index is 9.51. The normalized spacial score (nSPS) is 11.7. The van der Waals surface area contributed by atoms with Crippen molar-refractivity contribution in [3.05, 3.63) is 29.2 Å². The zero-order valence-electron chi connectivity index (χ0n) is 8.47. The van der Waals surface area contributed by atoms with Crippen LogP contribution in [0, 0.1) is 0 Å². The van der Waals surface area contributed by atoms with Crippen LogP contribution in [0.5, 0.6) is 11.5 Å². The number of benzene rings is 1. The monoisotopic (exact) mass is 226 g/mol. The van der Waals surface area contributed by atoms with Crippen molar-refractivity contribution >= 4 is 11.8 Å². The standard InChI is InChI=1S/C11H14O3S/c1-2-3-9(7-12)15-11-5-4-8(13)6-10(11)14/h3-6,12-14H,2,7H2,1H3/b9-3+. The molecule has 4 heteroatoms. The van der Waals surface area contributed by atoms with Gasteiger partial charge in [0, 0.05) is 11.0 Å². The number of aliphatic hydroxyl groups is 1. The summed E-state index contributed by atoms with van der Waals surface area (Å²) in [6.45, 7) is 1.94. The molecule has 0 radical (unpaired) electrons. The van der Waals surface area contributed by atoms with Crippen LogP contribution >= 0.6 is 11.8 Å². The predicted molar refractivity (Wildman–Crippen MR) is 61.1 cm³/mol. The number of hydrogen-bond donors (Lipinski definition) is 3. The van der Waals surface area contributed by atoms with Gasteiger partial charge in [-0.1, -0.05) is 24.8 Å². The van der Waals surface area contributed by atoms with Crippen LogP contribution in [-0.4, -0.2) is 21.9 Å². The summed E-state index contributed by atoms with van der Waals surface area (Å²) in [5.74, 6) is 0.0531. The van der Waals surface area contributed by atoms with Gasteiger partial charge in [-0.05, 0) is 18.6 Å². The number of thioether (sulfide) groups is 1. The molecule has 0 atom stereocenters. The molecule has 3 nitrogen and oxygen atoms in total. The van der Waals surface area contributed by atoms with Crippen molar-refractivity contribution in [2.45, 2.75) is 18.2 Å². The lowest BCUT2D eigenvalue weighted by molar-refractivity contribution is 0.339. The average molecular weight is 226 g/mol. The summed E-state index contributed by atoms with van der Waals surface area (Å²) in [6.07, 6.45) is 2.73. The highest BCUT2D eigenvalue weighted by Gasteiger charge is 2.05. The Kier molecular flexibility index (Phi) is 4.52. The summed E-state index contributed by atoms with van der Waals surface area (Å²) in [7, 11) is 0. The van der Waals surface area contributed by atoms with Gasteiger partial charge in [-0.15, -0.1) is 0 Å². The molecule has 0 aliphatic carbocycles. The van der Waals surface area contributed by atoms with Crippen molar-refractivity contribution in [3.8, 4) is 11.5 Å². The summed E-state index contributed by atoms with van der Waals surface area (Å²) in [4.78, 5) is 1.42. The Morgan fingerprint density at radius 2 is 2.13 bits per heavy atom. The second-order valence-electron chi connectivity index (χ2n) is 2.99. The minimum atomic E-state index is -0.0428. The lowest BCUT2D eigenvalue weighted by Gasteiger charge is -2.06. The van der Waals surface area contributed by atoms with Crippen molar-refractivity contribution in [1.29, 1.82) is 0 Å². The highest BCUT2D eigenvalue weighted by molar-refractivity contribution is 8.03. The van der Waals surface area contributed by atoms with E-state index < -0.39 is 0 Å². The van der Waals surface area contributed by atoms with E-state index in [1.807, 2.05) is 13.0 Å². The Morgan fingerprint density at radius 1 is 1.40 bits per heavy atom. The molecule has 0 aliphatic heterocycles. The number of aromatic hydroxyl groups is 2. The maximum Gasteiger partial charge on any atom is 0.133 e. The summed E-state index contributed by atoms with van der Waals surface area (Å²) in [5, 5.41) is 27.7. The van der Waals surface area contributed by atoms with E-state index >= 15 is 0 Å². The van der Waals surface area contributed by atoms with E-state index in [1.54, 1.807) is 6.07 Å². The van der Waals surface area contributed by atoms with Crippen molar-refractivity contribution in [1.82, 2.24) is 0 Å². The minimum absolute atomic E-state index is 0.0236. The van der Waals surface area contributed by atoms with E-state index in [0.717, 1.165) is 11.3 Å². The maximum absolute atomic E-state index is 9.51. The Morgan fingerprint density at radius 3 is 2.67 bits per heavy atom. The Balaban J connectivity index is 2.84. The quantitative estimate of drug-likeness (QED) is 0.690. The minimum Gasteiger partial charge on any atom is -0.508 e. The van der Waals surface area contributed by atoms with Crippen LogP contribution in [0.25, 0.3) is 0 Å². The number of phenolic OH excluding ortho intramolecular Hbond substituents is 2. The Labute approximate surface area is 93.1 Å². The summed E-state index contributed by atoms with van der Waals surface area (Å²) < 4.78 is 0. The zero-order valence-corrected chi connectivity index (χ0v) is 9.29. The van der Waals surface area contributed by atoms with Gasteiger partial charge in [0.2, 0.25) is 0 Å². The van der Waals surface area contributed by atoms with Gasteiger partial charge < -0.3 is 15.3 Å². The van der Waals surface area contributed by atoms with Gasteiger partial charge in [-0.25, -0.2) is 0 Å². The summed E-state index contributed by atoms with van der Waals surface area (Å²) in [6, 6.07) is 4.40. The van der Waals surface area contributed by atoms with Crippen LogP contribution in [-0.2, 0) is 0 Å². The number of aliphatic hydroxyl groups excluding tert-OH is 1. The second kappa shape index (κ2) is 5.68. The third-order valence-corrected chi connectivity index (χ3v) is 2.89. The molecule has 0 amide bonds. The molecule has 0 bridgehead atoms. The topological polar surface area (TPSA) is 60.7 Å². The molecule has 0 saturated carbocycles. The van der Waals surface area contributed by atoms with Crippen molar-refractivity contribution in [2.75, 3.05) is 6.61 Å². The Hall–Kier alpha value is -1.13. The highest BCUT2D eigenvalue weighted by Crippen LogP contribution is 2.35. The molecule has 0 spiro atoms. The van der Waals surface area contributed by atoms with Crippen molar-refractivity contribution < 1.29 is 15.3 Å². The molecule has 82 valence electrons. The average Bonchev–Trinajstić information content (AvgIpc) is 2.21. The fourth-order valence-electron chi connectivity index (χ4n) is 1.10. The van der Waals surface area contributed by atoms with Crippen molar-refractivity contribution in [3.63, 3.8) is 0 Å². The second-order valence-corrected chi connectivity index (χ2v) is 4.16. The predicted octanol–water partition coefficient (Wildman–Crippen LogP) is 2.48. The van der Waals surface area contributed by atoms with Gasteiger partial charge in [0.1, 0.15) is 11.5 Å². The van der Waals surface area contributed by atoms with E-state index in [1.165, 1.54) is 23.9 Å². The van der Waals surface area contributed by atoms with Crippen LogP contribution in [0.1, 0.15) is 13.3 Å². The van der Waals surface area contributed by atoms with Gasteiger partial charge in [-0.3, -0.25) is 0 Å². The molecule has 0 aliphatic rings. The third kappa shape index (κ3) is 3.49. The fourth-order valence-corrected chi connectivity index (χ4v) is 2.00. The lowest BCUT2D eigenvalue weighted by atomic mass is 10.3. The van der Waals surface area contributed by atoms with Gasteiger partial charge in [0.15, 0.2) is 0 Å². The number of rotatable bonds is 4. The molecule has 0 unspecified atom stereocenters. The van der Waals surface area contributed by atoms with Crippen LogP contribution in [0.3, 0.4) is 0 Å². The molecule has 15 heavy (non-hydrogen) atoms. The van der Waals surface area contributed by atoms with Crippen LogP contribution < -0.4 is 0 Å². The lowest BCUT2D eigenvalue weighted by Crippen LogP contribution is -1.85. The first-order valence-corrected chi connectivity index (χ1v) is 5.48. The van der Waals surface area contributed by atoms with Gasteiger partial charge >= 0.3 is 0 Å². The molecule has 0 saturated heterocycles. The van der Waals surface area contributed by atoms with Gasteiger partial charge in [-0.2, -0.15) is 0 Å². The SMILES string of the molecule is CC/C=C(\CO)Sc1ccc(O)cc1O. The van der Waals surface area contributed by atoms with Crippen LogP contribution in [0.15, 0.2) is 34.1 Å². The zero-order chi connectivity index (χ0) is 11.3. The molecule has 1 aromatic carbocycles. The van der Waals surface area contributed by atoms with E-state index in [9.17, 15) is 5.11 Å². The molecule has 3 N–H and O–H groups in total. The van der Waals surface area contributed by atoms with Crippen molar-refractivity contribution in [2.24, 2.45) is 0 Å². The molecule has 0 aromatic heterocycles. The molecule has 1 rings (SSSR count). The fraction of sp³-hybridized carbons (Fsp3) is 0.273. The van der Waals surface area contributed by atoms with E-state index in [0.29, 0.717) is 4.90 Å². The van der Waals surface area contributed by atoms with E-state index in [2.05, 4.69) is 0 Å². The van der Waals surface area contributed by atoms with E-state index in [-0.39, 0.29) is 18.1 Å². The number of allylic oxidation sites excluding steroid dienone is 1. The number of phenols is 2. The molecule has 0 fully saturated rings. The number of hydrogen-bond acceptors (Lipinski definition) is 4. The van der Waals surface area contributed by atoms with Crippen LogP contribution in [0.2, 0.25) is 0 Å². The van der Waals surface area contributed by atoms with Gasteiger partial charge in [0.05, 0.1) is 11.5 Å². The Bertz CT molecular complexity index is 361. The smallest absolute Gasteiger partial charge is 0.133 e.